The Morgan fingerprint density at radius 1 is 1.00 bits per heavy atom. The molecule has 0 aliphatic carbocycles. The summed E-state index contributed by atoms with van der Waals surface area (Å²) in [5.41, 5.74) is 4.19. The van der Waals surface area contributed by atoms with E-state index in [1.807, 2.05) is 20.0 Å². The summed E-state index contributed by atoms with van der Waals surface area (Å²) in [7, 11) is -3.40. The monoisotopic (exact) mass is 373 g/mol. The second-order valence-corrected chi connectivity index (χ2v) is 8.43. The van der Waals surface area contributed by atoms with Crippen molar-refractivity contribution in [2.24, 2.45) is 0 Å². The van der Waals surface area contributed by atoms with Crippen LogP contribution < -0.4 is 0 Å². The van der Waals surface area contributed by atoms with Crippen molar-refractivity contribution in [2.45, 2.75) is 51.7 Å². The van der Waals surface area contributed by atoms with Gasteiger partial charge in [-0.15, -0.1) is 0 Å². The van der Waals surface area contributed by atoms with Crippen LogP contribution in [0.1, 0.15) is 36.3 Å². The predicted octanol–water partition coefficient (Wildman–Crippen LogP) is 2.79. The van der Waals surface area contributed by atoms with Gasteiger partial charge in [0.15, 0.2) is 0 Å². The second-order valence-electron chi connectivity index (χ2n) is 6.42. The maximum atomic E-state index is 12.2. The van der Waals surface area contributed by atoms with E-state index in [1.165, 1.54) is 12.4 Å². The van der Waals surface area contributed by atoms with Gasteiger partial charge in [0.2, 0.25) is 15.0 Å². The summed E-state index contributed by atoms with van der Waals surface area (Å²) in [4.78, 5) is 16.6. The average molecular weight is 373 g/mol. The van der Waals surface area contributed by atoms with Crippen molar-refractivity contribution in [2.75, 3.05) is 5.75 Å². The van der Waals surface area contributed by atoms with Crippen molar-refractivity contribution < 1.29 is 8.42 Å². The lowest BCUT2D eigenvalue weighted by Crippen LogP contribution is -2.11. The van der Waals surface area contributed by atoms with Crippen LogP contribution in [0.2, 0.25) is 0 Å². The third kappa shape index (κ3) is 3.75. The first-order valence-corrected chi connectivity index (χ1v) is 10.3. The van der Waals surface area contributed by atoms with Crippen molar-refractivity contribution >= 4 is 20.9 Å². The zero-order chi connectivity index (χ0) is 18.7. The topological polar surface area (TPSA) is 90.6 Å². The Balaban J connectivity index is 1.60. The molecule has 0 aliphatic rings. The van der Waals surface area contributed by atoms with Gasteiger partial charge in [0.25, 0.3) is 0 Å². The molecule has 8 heteroatoms. The van der Waals surface area contributed by atoms with Gasteiger partial charge in [0.1, 0.15) is 11.3 Å². The van der Waals surface area contributed by atoms with Crippen molar-refractivity contribution in [1.82, 2.24) is 24.5 Å². The van der Waals surface area contributed by atoms with Crippen LogP contribution in [-0.2, 0) is 16.4 Å². The Kier molecular flexibility index (Phi) is 5.31. The summed E-state index contributed by atoms with van der Waals surface area (Å²) in [6, 6.07) is 1.61. The second kappa shape index (κ2) is 7.49. The maximum Gasteiger partial charge on any atom is 0.246 e. The molecule has 0 amide bonds. The fraction of sp³-hybridized carbons (Fsp3) is 0.444. The van der Waals surface area contributed by atoms with Crippen molar-refractivity contribution in [1.29, 1.82) is 0 Å². The number of hydrogen-bond acceptors (Lipinski definition) is 6. The molecule has 0 N–H and O–H groups in total. The first-order valence-electron chi connectivity index (χ1n) is 8.69. The zero-order valence-corrected chi connectivity index (χ0v) is 16.1. The summed E-state index contributed by atoms with van der Waals surface area (Å²) in [6.07, 6.45) is 7.00. The number of fused-ring (bicyclic) bond motifs is 1. The normalized spacial score (nSPS) is 12.0. The Labute approximate surface area is 153 Å². The third-order valence-electron chi connectivity index (χ3n) is 4.58. The van der Waals surface area contributed by atoms with Crippen LogP contribution in [0.5, 0.6) is 0 Å². The number of hydrogen-bond donors (Lipinski definition) is 0. The zero-order valence-electron chi connectivity index (χ0n) is 15.3. The number of unbranched alkanes of at least 4 members (excludes halogenated alkanes) is 2. The average Bonchev–Trinajstić information content (AvgIpc) is 2.95. The predicted molar refractivity (Wildman–Crippen MR) is 99.7 cm³/mol. The van der Waals surface area contributed by atoms with Crippen molar-refractivity contribution in [3.63, 3.8) is 0 Å². The van der Waals surface area contributed by atoms with Crippen LogP contribution in [-0.4, -0.2) is 38.7 Å². The number of aryl methyl sites for hydroxylation is 4. The van der Waals surface area contributed by atoms with Crippen LogP contribution in [0, 0.1) is 20.8 Å². The van der Waals surface area contributed by atoms with E-state index in [9.17, 15) is 8.42 Å². The van der Waals surface area contributed by atoms with Crippen LogP contribution in [0.25, 0.3) is 11.0 Å². The summed E-state index contributed by atoms with van der Waals surface area (Å²) < 4.78 is 26.6. The summed E-state index contributed by atoms with van der Waals surface area (Å²) >= 11 is 0. The molecule has 0 radical (unpaired) electrons. The van der Waals surface area contributed by atoms with Gasteiger partial charge >= 0.3 is 0 Å². The first-order chi connectivity index (χ1) is 12.4. The molecule has 0 saturated carbocycles. The van der Waals surface area contributed by atoms with Gasteiger partial charge in [-0.25, -0.2) is 23.4 Å². The van der Waals surface area contributed by atoms with Crippen molar-refractivity contribution in [3.05, 3.63) is 41.7 Å². The fourth-order valence-electron chi connectivity index (χ4n) is 3.05. The quantitative estimate of drug-likeness (QED) is 0.467. The molecule has 3 rings (SSSR count). The first kappa shape index (κ1) is 18.4. The number of aromatic nitrogens is 5. The molecular weight excluding hydrogens is 350 g/mol. The lowest BCUT2D eigenvalue weighted by atomic mass is 10.2. The molecule has 138 valence electrons. The molecule has 0 aromatic carbocycles. The molecule has 3 aromatic heterocycles. The lowest BCUT2D eigenvalue weighted by Gasteiger charge is -2.09. The van der Waals surface area contributed by atoms with Crippen molar-refractivity contribution in [3.8, 4) is 0 Å². The minimum atomic E-state index is -3.40. The van der Waals surface area contributed by atoms with E-state index in [2.05, 4.69) is 31.4 Å². The molecule has 0 unspecified atom stereocenters. The van der Waals surface area contributed by atoms with Gasteiger partial charge in [0, 0.05) is 24.6 Å². The summed E-state index contributed by atoms with van der Waals surface area (Å²) in [5.74, 6) is 1.03. The summed E-state index contributed by atoms with van der Waals surface area (Å²) in [5, 5.41) is -0.0879. The standard InChI is InChI=1S/C18H23N5O2S/c1-13-14(2)21-12-16-17(13)23(15(3)22-16)10-5-4-6-11-26(24,25)18-19-8-7-9-20-18/h7-9,12H,4-6,10-11H2,1-3H3. The molecule has 26 heavy (non-hydrogen) atoms. The molecule has 0 atom stereocenters. The Morgan fingerprint density at radius 2 is 1.73 bits per heavy atom. The van der Waals surface area contributed by atoms with E-state index in [-0.39, 0.29) is 10.9 Å². The minimum absolute atomic E-state index is 0.0722. The molecule has 0 spiro atoms. The Hall–Kier alpha value is -2.35. The Morgan fingerprint density at radius 3 is 2.46 bits per heavy atom. The van der Waals surface area contributed by atoms with Crippen LogP contribution in [0.15, 0.2) is 29.8 Å². The molecule has 3 heterocycles. The number of imidazole rings is 1. The molecule has 0 fully saturated rings. The SMILES string of the molecule is Cc1ncc2nc(C)n(CCCCCS(=O)(=O)c3ncccn3)c2c1C. The van der Waals surface area contributed by atoms with E-state index in [0.29, 0.717) is 6.42 Å². The third-order valence-corrected chi connectivity index (χ3v) is 6.17. The number of sulfone groups is 1. The van der Waals surface area contributed by atoms with Gasteiger partial charge in [-0.2, -0.15) is 0 Å². The van der Waals surface area contributed by atoms with E-state index in [4.69, 9.17) is 0 Å². The van der Waals surface area contributed by atoms with Gasteiger partial charge in [0.05, 0.1) is 17.5 Å². The van der Waals surface area contributed by atoms with Crippen LogP contribution >= 0.6 is 0 Å². The highest BCUT2D eigenvalue weighted by Crippen LogP contribution is 2.22. The molecule has 0 bridgehead atoms. The summed E-state index contributed by atoms with van der Waals surface area (Å²) in [6.45, 7) is 6.87. The Bertz CT molecular complexity index is 1010. The number of pyridine rings is 1. The van der Waals surface area contributed by atoms with E-state index >= 15 is 0 Å². The fourth-order valence-corrected chi connectivity index (χ4v) is 4.26. The maximum absolute atomic E-state index is 12.2. The highest BCUT2D eigenvalue weighted by molar-refractivity contribution is 7.91. The van der Waals surface area contributed by atoms with E-state index in [0.717, 1.165) is 47.5 Å². The van der Waals surface area contributed by atoms with E-state index in [1.54, 1.807) is 6.07 Å². The highest BCUT2D eigenvalue weighted by atomic mass is 32.2. The minimum Gasteiger partial charge on any atom is -0.328 e. The molecule has 0 aliphatic heterocycles. The number of rotatable bonds is 7. The number of nitrogens with zero attached hydrogens (tertiary/aromatic N) is 5. The van der Waals surface area contributed by atoms with Gasteiger partial charge in [-0.3, -0.25) is 4.98 Å². The van der Waals surface area contributed by atoms with Gasteiger partial charge in [-0.1, -0.05) is 6.42 Å². The highest BCUT2D eigenvalue weighted by Gasteiger charge is 2.17. The van der Waals surface area contributed by atoms with E-state index < -0.39 is 9.84 Å². The smallest absolute Gasteiger partial charge is 0.246 e. The lowest BCUT2D eigenvalue weighted by molar-refractivity contribution is 0.571. The van der Waals surface area contributed by atoms with Crippen LogP contribution in [0.4, 0.5) is 0 Å². The van der Waals surface area contributed by atoms with Gasteiger partial charge < -0.3 is 4.57 Å². The molecular formula is C18H23N5O2S. The largest absolute Gasteiger partial charge is 0.328 e. The molecule has 0 saturated heterocycles. The van der Waals surface area contributed by atoms with Crippen LogP contribution in [0.3, 0.4) is 0 Å². The van der Waals surface area contributed by atoms with Gasteiger partial charge in [-0.05, 0) is 45.2 Å². The molecule has 3 aromatic rings. The molecule has 7 nitrogen and oxygen atoms in total.